The number of aliphatic carboxylic acids is 3. The molecule has 160 valence electrons. The van der Waals surface area contributed by atoms with E-state index in [0.717, 1.165) is 0 Å². The summed E-state index contributed by atoms with van der Waals surface area (Å²) in [6.07, 6.45) is 0.518. The van der Waals surface area contributed by atoms with Gasteiger partial charge in [-0.15, -0.1) is 0 Å². The van der Waals surface area contributed by atoms with E-state index in [1.165, 1.54) is 21.6 Å². The predicted molar refractivity (Wildman–Crippen MR) is 102 cm³/mol. The molecule has 12 nitrogen and oxygen atoms in total. The molecule has 0 aliphatic rings. The third kappa shape index (κ3) is 19.5. The first-order valence-electron chi connectivity index (χ1n) is 7.42. The maximum Gasteiger partial charge on any atom is 0.320 e. The molecule has 0 radical (unpaired) electrons. The van der Waals surface area contributed by atoms with Crippen LogP contribution in [0.4, 0.5) is 0 Å². The second-order valence-corrected chi connectivity index (χ2v) is 9.40. The molecule has 0 aromatic carbocycles. The molecule has 0 saturated heterocycles. The minimum absolute atomic E-state index is 0.284. The number of hydrogen-bond donors (Lipinski definition) is 7. The van der Waals surface area contributed by atoms with Gasteiger partial charge in [0.25, 0.3) is 10.1 Å². The minimum Gasteiger partial charge on any atom is -0.480 e. The Morgan fingerprint density at radius 1 is 0.741 bits per heavy atom. The zero-order valence-corrected chi connectivity index (χ0v) is 16.7. The first kappa shape index (κ1) is 28.1. The molecule has 0 aliphatic carbocycles. The van der Waals surface area contributed by atoms with Gasteiger partial charge in [-0.2, -0.15) is 8.42 Å². The van der Waals surface area contributed by atoms with Crippen LogP contribution < -0.4 is 17.2 Å². The topological polar surface area (TPSA) is 244 Å². The van der Waals surface area contributed by atoms with E-state index in [-0.39, 0.29) is 6.42 Å². The average molecular weight is 452 g/mol. The van der Waals surface area contributed by atoms with Crippen molar-refractivity contribution in [1.29, 1.82) is 0 Å². The Balaban J connectivity index is 0. The van der Waals surface area contributed by atoms with Gasteiger partial charge in [-0.3, -0.25) is 18.9 Å². The lowest BCUT2D eigenvalue weighted by atomic mass is 10.2. The molecule has 0 aromatic rings. The lowest BCUT2D eigenvalue weighted by Gasteiger charge is -2.06. The molecule has 27 heavy (non-hydrogen) atoms. The van der Waals surface area contributed by atoms with Gasteiger partial charge in [0.05, 0.1) is 5.75 Å². The van der Waals surface area contributed by atoms with Gasteiger partial charge in [-0.05, 0) is 19.3 Å². The maximum absolute atomic E-state index is 10.4. The van der Waals surface area contributed by atoms with Gasteiger partial charge in [0, 0.05) is 11.5 Å². The van der Waals surface area contributed by atoms with Crippen molar-refractivity contribution in [3.63, 3.8) is 0 Å². The van der Waals surface area contributed by atoms with Crippen LogP contribution in [0, 0.1) is 0 Å². The maximum atomic E-state index is 10.4. The van der Waals surface area contributed by atoms with Crippen molar-refractivity contribution in [3.8, 4) is 0 Å². The van der Waals surface area contributed by atoms with E-state index in [4.69, 9.17) is 37.1 Å². The average Bonchev–Trinajstić information content (AvgIpc) is 2.54. The van der Waals surface area contributed by atoms with Crippen LogP contribution in [0.3, 0.4) is 0 Å². The Kier molecular flexibility index (Phi) is 15.5. The van der Waals surface area contributed by atoms with Gasteiger partial charge in [-0.25, -0.2) is 0 Å². The summed E-state index contributed by atoms with van der Waals surface area (Å²) in [6, 6.07) is -2.89. The van der Waals surface area contributed by atoms with Crippen LogP contribution >= 0.6 is 21.6 Å². The molecule has 3 atom stereocenters. The Morgan fingerprint density at radius 3 is 1.30 bits per heavy atom. The Bertz CT molecular complexity index is 550. The third-order valence-corrected chi connectivity index (χ3v) is 5.97. The highest BCUT2D eigenvalue weighted by atomic mass is 33.1. The zero-order chi connectivity index (χ0) is 21.6. The smallest absolute Gasteiger partial charge is 0.320 e. The number of carboxylic acid groups (broad SMARTS) is 3. The van der Waals surface area contributed by atoms with E-state index in [0.29, 0.717) is 24.3 Å². The summed E-state index contributed by atoms with van der Waals surface area (Å²) in [5, 5.41) is 25.2. The number of rotatable bonds is 13. The van der Waals surface area contributed by atoms with Gasteiger partial charge >= 0.3 is 17.9 Å². The predicted octanol–water partition coefficient (Wildman–Crippen LogP) is -1.35. The normalized spacial score (nSPS) is 14.4. The van der Waals surface area contributed by atoms with Crippen LogP contribution in [0.2, 0.25) is 0 Å². The highest BCUT2D eigenvalue weighted by Gasteiger charge is 2.15. The van der Waals surface area contributed by atoms with E-state index in [9.17, 15) is 22.8 Å². The summed E-state index contributed by atoms with van der Waals surface area (Å²) >= 11 is 0. The number of nitrogens with two attached hydrogens (primary N) is 3. The summed E-state index contributed by atoms with van der Waals surface area (Å²) in [7, 11) is -1.14. The highest BCUT2D eigenvalue weighted by Crippen LogP contribution is 2.23. The second-order valence-electron chi connectivity index (χ2n) is 5.13. The molecule has 0 amide bonds. The van der Waals surface area contributed by atoms with E-state index < -0.39 is 51.9 Å². The first-order chi connectivity index (χ1) is 12.3. The van der Waals surface area contributed by atoms with Gasteiger partial charge in [0.2, 0.25) is 0 Å². The van der Waals surface area contributed by atoms with Crippen molar-refractivity contribution in [2.75, 3.05) is 17.3 Å². The van der Waals surface area contributed by atoms with Gasteiger partial charge in [-0.1, -0.05) is 21.6 Å². The summed E-state index contributed by atoms with van der Waals surface area (Å²) in [5.41, 5.74) is 15.5. The van der Waals surface area contributed by atoms with E-state index in [2.05, 4.69) is 0 Å². The zero-order valence-electron chi connectivity index (χ0n) is 14.3. The molecule has 0 saturated carbocycles. The van der Waals surface area contributed by atoms with Crippen LogP contribution in [-0.2, 0) is 24.5 Å². The summed E-state index contributed by atoms with van der Waals surface area (Å²) < 4.78 is 28.3. The monoisotopic (exact) mass is 451 g/mol. The van der Waals surface area contributed by atoms with Crippen LogP contribution in [0.15, 0.2) is 0 Å². The fourth-order valence-corrected chi connectivity index (χ4v) is 3.89. The molecular formula is C12H25N3O9S3. The van der Waals surface area contributed by atoms with E-state index in [1.54, 1.807) is 0 Å². The first-order valence-corrected chi connectivity index (χ1v) is 11.5. The largest absolute Gasteiger partial charge is 0.480 e. The SMILES string of the molecule is N[C@@H](CCS(=O)(=O)O)C(=O)O.N[C@@H](CCSSCC[C@H](N)C(=O)O)C(=O)O. The molecule has 10 N–H and O–H groups in total. The Hall–Kier alpha value is -1.10. The van der Waals surface area contributed by atoms with E-state index in [1.807, 2.05) is 0 Å². The quantitative estimate of drug-likeness (QED) is 0.0971. The molecule has 15 heteroatoms. The molecule has 0 unspecified atom stereocenters. The van der Waals surface area contributed by atoms with Gasteiger partial charge in [0.15, 0.2) is 0 Å². The fourth-order valence-electron chi connectivity index (χ4n) is 1.11. The Labute approximate surface area is 164 Å². The molecule has 0 heterocycles. The van der Waals surface area contributed by atoms with Gasteiger partial charge in [0.1, 0.15) is 18.1 Å². The number of hydrogen-bond acceptors (Lipinski definition) is 10. The van der Waals surface area contributed by atoms with Crippen molar-refractivity contribution in [2.45, 2.75) is 37.4 Å². The summed E-state index contributed by atoms with van der Waals surface area (Å²) in [5.74, 6) is -2.66. The van der Waals surface area contributed by atoms with Crippen molar-refractivity contribution in [2.24, 2.45) is 17.2 Å². The number of carboxylic acids is 3. The van der Waals surface area contributed by atoms with Crippen LogP contribution in [0.25, 0.3) is 0 Å². The molecule has 0 spiro atoms. The van der Waals surface area contributed by atoms with Crippen LogP contribution in [-0.4, -0.2) is 81.6 Å². The van der Waals surface area contributed by atoms with Crippen LogP contribution in [0.5, 0.6) is 0 Å². The summed E-state index contributed by atoms with van der Waals surface area (Å²) in [6.45, 7) is 0. The summed E-state index contributed by atoms with van der Waals surface area (Å²) in [4.78, 5) is 30.7. The third-order valence-electron chi connectivity index (χ3n) is 2.75. The van der Waals surface area contributed by atoms with E-state index >= 15 is 0 Å². The van der Waals surface area contributed by atoms with Crippen molar-refractivity contribution >= 4 is 49.6 Å². The van der Waals surface area contributed by atoms with Crippen molar-refractivity contribution < 1.29 is 42.7 Å². The Morgan fingerprint density at radius 2 is 1.04 bits per heavy atom. The molecule has 0 rings (SSSR count). The van der Waals surface area contributed by atoms with Crippen LogP contribution in [0.1, 0.15) is 19.3 Å². The van der Waals surface area contributed by atoms with Crippen molar-refractivity contribution in [1.82, 2.24) is 0 Å². The van der Waals surface area contributed by atoms with Gasteiger partial charge < -0.3 is 32.5 Å². The molecular weight excluding hydrogens is 426 g/mol. The molecule has 0 aliphatic heterocycles. The molecule has 0 bridgehead atoms. The second kappa shape index (κ2) is 14.9. The minimum atomic E-state index is -4.10. The molecule has 0 aromatic heterocycles. The van der Waals surface area contributed by atoms with Crippen molar-refractivity contribution in [3.05, 3.63) is 0 Å². The highest BCUT2D eigenvalue weighted by molar-refractivity contribution is 8.76. The fraction of sp³-hybridized carbons (Fsp3) is 0.750. The standard InChI is InChI=1S/C8H16N2O4S2.C4H9NO5S/c9-5(7(11)12)1-3-15-16-4-2-6(10)8(13)14;5-3(4(6)7)1-2-11(8,9)10/h5-6H,1-4,9-10H2,(H,11,12)(H,13,14);3H,1-2,5H2,(H,6,7)(H,8,9,10)/t5-,6-;3-/m00/s1. The lowest BCUT2D eigenvalue weighted by Crippen LogP contribution is -2.32. The molecule has 0 fully saturated rings. The number of carbonyl (C=O) groups is 3. The lowest BCUT2D eigenvalue weighted by molar-refractivity contribution is -0.139.